The van der Waals surface area contributed by atoms with Gasteiger partial charge in [-0.1, -0.05) is 0 Å². The molecule has 4 N–H and O–H groups in total. The maximum absolute atomic E-state index is 9.06. The lowest BCUT2D eigenvalue weighted by atomic mass is 10.3. The Hall–Kier alpha value is -1.92. The summed E-state index contributed by atoms with van der Waals surface area (Å²) in [5.74, 6) is 0. The van der Waals surface area contributed by atoms with Crippen molar-refractivity contribution in [2.75, 3.05) is 0 Å². The first kappa shape index (κ1) is 18.9. The maximum atomic E-state index is 9.06. The number of aromatic nitrogens is 6. The van der Waals surface area contributed by atoms with Gasteiger partial charge in [0.1, 0.15) is 27.0 Å². The number of H-pyrrole nitrogens is 1. The number of hydrogen-bond acceptors (Lipinski definition) is 7. The van der Waals surface area contributed by atoms with Gasteiger partial charge in [0.2, 0.25) is 0 Å². The summed E-state index contributed by atoms with van der Waals surface area (Å²) in [6.07, 6.45) is 6.50. The molecule has 4 aromatic rings. The molecule has 0 atom stereocenters. The average molecular weight is 486 g/mol. The number of nitrogens with zero attached hydrogens (tertiary/aromatic N) is 5. The molecule has 0 amide bonds. The second-order valence-corrected chi connectivity index (χ2v) is 6.78. The van der Waals surface area contributed by atoms with Gasteiger partial charge in [-0.2, -0.15) is 0 Å². The van der Waals surface area contributed by atoms with Crippen LogP contribution in [0.1, 0.15) is 11.1 Å². The number of aliphatic hydroxyl groups is 3. The quantitative estimate of drug-likeness (QED) is 0.348. The van der Waals surface area contributed by atoms with E-state index in [2.05, 4.69) is 56.8 Å². The molecule has 4 heterocycles. The van der Waals surface area contributed by atoms with Gasteiger partial charge in [0.25, 0.3) is 0 Å². The summed E-state index contributed by atoms with van der Waals surface area (Å²) in [5.41, 5.74) is 4.01. The lowest BCUT2D eigenvalue weighted by Crippen LogP contribution is -1.95. The molecular formula is C15H14Br2N6O3. The fourth-order valence-electron chi connectivity index (χ4n) is 2.36. The summed E-state index contributed by atoms with van der Waals surface area (Å²) in [6.45, 7) is -0.313. The minimum atomic E-state index is -0.174. The van der Waals surface area contributed by atoms with Crippen LogP contribution in [0, 0.1) is 0 Å². The van der Waals surface area contributed by atoms with Gasteiger partial charge >= 0.3 is 0 Å². The lowest BCUT2D eigenvalue weighted by Gasteiger charge is -1.97. The van der Waals surface area contributed by atoms with Crippen molar-refractivity contribution in [3.63, 3.8) is 0 Å². The van der Waals surface area contributed by atoms with Crippen molar-refractivity contribution in [2.24, 2.45) is 0 Å². The Morgan fingerprint density at radius 2 is 1.58 bits per heavy atom. The summed E-state index contributed by atoms with van der Waals surface area (Å²) in [7, 11) is 0. The second-order valence-electron chi connectivity index (χ2n) is 5.15. The van der Waals surface area contributed by atoms with E-state index in [1.54, 1.807) is 24.8 Å². The van der Waals surface area contributed by atoms with Crippen LogP contribution in [0.3, 0.4) is 0 Å². The van der Waals surface area contributed by atoms with Crippen LogP contribution < -0.4 is 0 Å². The van der Waals surface area contributed by atoms with Gasteiger partial charge in [-0.3, -0.25) is 0 Å². The Kier molecular flexibility index (Phi) is 5.94. The number of aromatic amines is 1. The van der Waals surface area contributed by atoms with Gasteiger partial charge in [0.15, 0.2) is 11.3 Å². The molecule has 11 heteroatoms. The topological polar surface area (TPSA) is 133 Å². The Bertz CT molecular complexity index is 1050. The van der Waals surface area contributed by atoms with E-state index < -0.39 is 0 Å². The molecule has 0 aliphatic carbocycles. The standard InChI is InChI=1S/C8H8BrN3O2.C7H6BrN3O/c9-6-1-10-8-7(11-6)5(3-13)2-12(8)4-14;8-5-2-10-7-6(11-5)4(3-12)1-9-7/h1-2,13-14H,3-4H2;1-2,12H,3H2,(H,9,10). The van der Waals surface area contributed by atoms with Gasteiger partial charge in [-0.05, 0) is 31.9 Å². The van der Waals surface area contributed by atoms with Crippen molar-refractivity contribution >= 4 is 54.2 Å². The van der Waals surface area contributed by atoms with Gasteiger partial charge in [0.05, 0.1) is 25.6 Å². The molecule has 9 nitrogen and oxygen atoms in total. The third-order valence-electron chi connectivity index (χ3n) is 3.54. The van der Waals surface area contributed by atoms with Crippen LogP contribution in [-0.4, -0.2) is 44.8 Å². The van der Waals surface area contributed by atoms with E-state index >= 15 is 0 Å². The summed E-state index contributed by atoms with van der Waals surface area (Å²) in [5, 5.41) is 27.0. The average Bonchev–Trinajstić information content (AvgIpc) is 3.21. The summed E-state index contributed by atoms with van der Waals surface area (Å²) < 4.78 is 2.81. The first-order chi connectivity index (χ1) is 12.6. The molecule has 4 aromatic heterocycles. The third-order valence-corrected chi connectivity index (χ3v) is 4.30. The van der Waals surface area contributed by atoms with Gasteiger partial charge in [-0.15, -0.1) is 0 Å². The fraction of sp³-hybridized carbons (Fsp3) is 0.200. The van der Waals surface area contributed by atoms with E-state index in [9.17, 15) is 0 Å². The Labute approximate surface area is 164 Å². The van der Waals surface area contributed by atoms with Crippen molar-refractivity contribution in [1.29, 1.82) is 0 Å². The highest BCUT2D eigenvalue weighted by Crippen LogP contribution is 2.19. The molecule has 136 valence electrons. The predicted octanol–water partition coefficient (Wildman–Crippen LogP) is 1.85. The highest BCUT2D eigenvalue weighted by molar-refractivity contribution is 9.10. The number of hydrogen-bond donors (Lipinski definition) is 4. The Morgan fingerprint density at radius 3 is 2.23 bits per heavy atom. The largest absolute Gasteiger partial charge is 0.392 e. The van der Waals surface area contributed by atoms with E-state index in [4.69, 9.17) is 15.3 Å². The molecule has 0 spiro atoms. The molecule has 0 fully saturated rings. The third kappa shape index (κ3) is 3.76. The summed E-state index contributed by atoms with van der Waals surface area (Å²) in [6, 6.07) is 0. The number of aliphatic hydroxyl groups excluding tert-OH is 3. The van der Waals surface area contributed by atoms with Gasteiger partial charge in [-0.25, -0.2) is 19.9 Å². The number of fused-ring (bicyclic) bond motifs is 2. The van der Waals surface area contributed by atoms with E-state index in [-0.39, 0.29) is 19.9 Å². The predicted molar refractivity (Wildman–Crippen MR) is 101 cm³/mol. The molecule has 0 radical (unpaired) electrons. The van der Waals surface area contributed by atoms with E-state index in [1.807, 2.05) is 0 Å². The lowest BCUT2D eigenvalue weighted by molar-refractivity contribution is 0.214. The zero-order valence-corrected chi connectivity index (χ0v) is 16.4. The highest BCUT2D eigenvalue weighted by atomic mass is 79.9. The molecule has 26 heavy (non-hydrogen) atoms. The van der Waals surface area contributed by atoms with Gasteiger partial charge < -0.3 is 24.9 Å². The minimum Gasteiger partial charge on any atom is -0.392 e. The molecule has 0 unspecified atom stereocenters. The maximum Gasteiger partial charge on any atom is 0.161 e. The van der Waals surface area contributed by atoms with E-state index in [1.165, 1.54) is 4.57 Å². The summed E-state index contributed by atoms with van der Waals surface area (Å²) >= 11 is 6.41. The molecule has 0 aromatic carbocycles. The zero-order valence-electron chi connectivity index (χ0n) is 13.3. The molecule has 0 aliphatic heterocycles. The summed E-state index contributed by atoms with van der Waals surface area (Å²) in [4.78, 5) is 19.4. The van der Waals surface area contributed by atoms with Crippen LogP contribution in [0.4, 0.5) is 0 Å². The SMILES string of the molecule is OCc1c[nH]c2ncc(Br)nc12.OCc1cn(CO)c2ncc(Br)nc12. The molecule has 0 saturated carbocycles. The molecule has 0 saturated heterocycles. The zero-order chi connectivity index (χ0) is 18.7. The van der Waals surface area contributed by atoms with Crippen molar-refractivity contribution < 1.29 is 15.3 Å². The van der Waals surface area contributed by atoms with E-state index in [0.717, 1.165) is 5.56 Å². The highest BCUT2D eigenvalue weighted by Gasteiger charge is 2.10. The normalized spacial score (nSPS) is 11.0. The second kappa shape index (κ2) is 8.18. The molecular weight excluding hydrogens is 472 g/mol. The van der Waals surface area contributed by atoms with Crippen LogP contribution in [-0.2, 0) is 19.9 Å². The van der Waals surface area contributed by atoms with Crippen molar-refractivity contribution in [3.05, 3.63) is 45.1 Å². The Morgan fingerprint density at radius 1 is 0.923 bits per heavy atom. The monoisotopic (exact) mass is 484 g/mol. The van der Waals surface area contributed by atoms with Crippen molar-refractivity contribution in [1.82, 2.24) is 29.5 Å². The minimum absolute atomic E-state index is 0.0227. The molecule has 0 aliphatic rings. The number of nitrogens with one attached hydrogen (secondary N) is 1. The van der Waals surface area contributed by atoms with E-state index in [0.29, 0.717) is 37.1 Å². The van der Waals surface area contributed by atoms with Crippen LogP contribution in [0.15, 0.2) is 34.0 Å². The molecule has 0 bridgehead atoms. The number of rotatable bonds is 3. The van der Waals surface area contributed by atoms with Crippen LogP contribution >= 0.6 is 31.9 Å². The van der Waals surface area contributed by atoms with Crippen molar-refractivity contribution in [3.8, 4) is 0 Å². The van der Waals surface area contributed by atoms with Crippen LogP contribution in [0.5, 0.6) is 0 Å². The number of halogens is 2. The Balaban J connectivity index is 0.000000152. The first-order valence-corrected chi connectivity index (χ1v) is 8.97. The smallest absolute Gasteiger partial charge is 0.161 e. The molecule has 4 rings (SSSR count). The fourth-order valence-corrected chi connectivity index (χ4v) is 2.92. The first-order valence-electron chi connectivity index (χ1n) is 7.38. The van der Waals surface area contributed by atoms with Crippen molar-refractivity contribution in [2.45, 2.75) is 19.9 Å². The van der Waals surface area contributed by atoms with Crippen LogP contribution in [0.25, 0.3) is 22.3 Å². The van der Waals surface area contributed by atoms with Gasteiger partial charge in [0, 0.05) is 23.5 Å². The van der Waals surface area contributed by atoms with Crippen LogP contribution in [0.2, 0.25) is 0 Å².